The monoisotopic (exact) mass is 440 g/mol. The van der Waals surface area contributed by atoms with Gasteiger partial charge in [-0.2, -0.15) is 0 Å². The highest BCUT2D eigenvalue weighted by Crippen LogP contribution is 2.78. The molecule has 0 radical (unpaired) electrons. The van der Waals surface area contributed by atoms with Crippen LogP contribution in [0.3, 0.4) is 0 Å². The molecule has 0 aromatic rings. The second kappa shape index (κ2) is 6.72. The lowest BCUT2D eigenvalue weighted by atomic mass is 9.30. The molecule has 180 valence electrons. The SMILES string of the molecule is C[C@H]1C(=O)CC[C@@H]2[C@]1(C)CC[C@H]1[C@@]2(C=O)CC[C@@]2(C)[C@@H]3CC(C)(C)CC[C@]3(C)CC[C@]12C. The summed E-state index contributed by atoms with van der Waals surface area (Å²) in [6.07, 6.45) is 14.3. The molecule has 2 heteroatoms. The third-order valence-electron chi connectivity index (χ3n) is 13.5. The number of fused-ring (bicyclic) bond motifs is 7. The Morgan fingerprint density at radius 1 is 0.750 bits per heavy atom. The van der Waals surface area contributed by atoms with Crippen LogP contribution in [0.4, 0.5) is 0 Å². The number of carbonyl (C=O) groups excluding carboxylic acids is 2. The van der Waals surface area contributed by atoms with Crippen LogP contribution in [-0.2, 0) is 9.59 Å². The summed E-state index contributed by atoms with van der Waals surface area (Å²) in [5.41, 5.74) is 1.25. The number of ketones is 1. The van der Waals surface area contributed by atoms with Gasteiger partial charge in [-0.15, -0.1) is 0 Å². The molecule has 0 amide bonds. The number of hydrogen-bond acceptors (Lipinski definition) is 2. The van der Waals surface area contributed by atoms with Crippen molar-refractivity contribution >= 4 is 12.1 Å². The average molecular weight is 441 g/mol. The summed E-state index contributed by atoms with van der Waals surface area (Å²) in [5.74, 6) is 2.18. The molecule has 9 atom stereocenters. The molecule has 0 aliphatic heterocycles. The standard InChI is InChI=1S/C30H48O2/c1-20-21(32)8-9-22-27(20,5)11-10-23-28(6)15-14-26(4)13-12-25(2,3)18-24(26)29(28,7)16-17-30(22,23)19-31/h19-20,22-24H,8-18H2,1-7H3/t20-,22+,23+,24+,26+,27+,28+,29-,30+/m0/s1. The minimum absolute atomic E-state index is 0.00680. The van der Waals surface area contributed by atoms with Crippen molar-refractivity contribution in [1.82, 2.24) is 0 Å². The van der Waals surface area contributed by atoms with E-state index in [9.17, 15) is 9.59 Å². The fourth-order valence-corrected chi connectivity index (χ4v) is 11.0. The quantitative estimate of drug-likeness (QED) is 0.393. The zero-order chi connectivity index (χ0) is 23.4. The van der Waals surface area contributed by atoms with Crippen LogP contribution in [0.1, 0.15) is 119 Å². The first-order valence-electron chi connectivity index (χ1n) is 13.8. The molecule has 0 aromatic carbocycles. The maximum absolute atomic E-state index is 13.2. The van der Waals surface area contributed by atoms with E-state index in [1.807, 2.05) is 0 Å². The zero-order valence-electron chi connectivity index (χ0n) is 22.0. The van der Waals surface area contributed by atoms with Gasteiger partial charge in [-0.25, -0.2) is 0 Å². The van der Waals surface area contributed by atoms with Crippen molar-refractivity contribution < 1.29 is 9.59 Å². The van der Waals surface area contributed by atoms with Gasteiger partial charge in [0, 0.05) is 17.8 Å². The van der Waals surface area contributed by atoms with Crippen molar-refractivity contribution in [3.05, 3.63) is 0 Å². The van der Waals surface area contributed by atoms with Gasteiger partial charge in [0.05, 0.1) is 0 Å². The number of carbonyl (C=O) groups is 2. The summed E-state index contributed by atoms with van der Waals surface area (Å²) in [4.78, 5) is 25.9. The van der Waals surface area contributed by atoms with E-state index in [0.717, 1.165) is 31.6 Å². The summed E-state index contributed by atoms with van der Waals surface area (Å²) in [6, 6.07) is 0. The molecule has 2 nitrogen and oxygen atoms in total. The van der Waals surface area contributed by atoms with Gasteiger partial charge >= 0.3 is 0 Å². The number of Topliss-reactive ketones (excluding diaryl/α,β-unsaturated/α-hetero) is 1. The van der Waals surface area contributed by atoms with Crippen LogP contribution in [0.2, 0.25) is 0 Å². The van der Waals surface area contributed by atoms with Gasteiger partial charge in [0.1, 0.15) is 12.1 Å². The van der Waals surface area contributed by atoms with Crippen LogP contribution in [-0.4, -0.2) is 12.1 Å². The van der Waals surface area contributed by atoms with Crippen LogP contribution in [0.25, 0.3) is 0 Å². The van der Waals surface area contributed by atoms with Crippen molar-refractivity contribution in [2.45, 2.75) is 119 Å². The van der Waals surface area contributed by atoms with E-state index >= 15 is 0 Å². The van der Waals surface area contributed by atoms with Crippen LogP contribution in [0.15, 0.2) is 0 Å². The summed E-state index contributed by atoms with van der Waals surface area (Å²) >= 11 is 0. The Hall–Kier alpha value is -0.660. The molecular formula is C30H48O2. The molecule has 0 spiro atoms. The third kappa shape index (κ3) is 2.65. The molecule has 0 bridgehead atoms. The predicted molar refractivity (Wildman–Crippen MR) is 130 cm³/mol. The highest BCUT2D eigenvalue weighted by atomic mass is 16.1. The molecule has 0 N–H and O–H groups in total. The third-order valence-corrected chi connectivity index (χ3v) is 13.5. The number of aldehydes is 1. The summed E-state index contributed by atoms with van der Waals surface area (Å²) < 4.78 is 0. The van der Waals surface area contributed by atoms with E-state index in [1.165, 1.54) is 44.8 Å². The molecule has 5 fully saturated rings. The Morgan fingerprint density at radius 3 is 2.06 bits per heavy atom. The first kappa shape index (κ1) is 23.1. The molecule has 5 aliphatic rings. The summed E-state index contributed by atoms with van der Waals surface area (Å²) in [5, 5.41) is 0. The van der Waals surface area contributed by atoms with E-state index in [0.29, 0.717) is 40.3 Å². The summed E-state index contributed by atoms with van der Waals surface area (Å²) in [7, 11) is 0. The molecule has 5 aliphatic carbocycles. The summed E-state index contributed by atoms with van der Waals surface area (Å²) in [6.45, 7) is 17.4. The Kier molecular flexibility index (Phi) is 4.85. The molecule has 0 heterocycles. The lowest BCUT2D eigenvalue weighted by molar-refractivity contribution is -0.251. The van der Waals surface area contributed by atoms with E-state index in [4.69, 9.17) is 0 Å². The normalized spacial score (nSPS) is 56.9. The number of hydrogen-bond donors (Lipinski definition) is 0. The average Bonchev–Trinajstić information content (AvgIpc) is 2.74. The van der Waals surface area contributed by atoms with E-state index in [2.05, 4.69) is 48.5 Å². The van der Waals surface area contributed by atoms with Crippen molar-refractivity contribution in [2.24, 2.45) is 56.2 Å². The van der Waals surface area contributed by atoms with Gasteiger partial charge in [0.15, 0.2) is 0 Å². The van der Waals surface area contributed by atoms with E-state index in [-0.39, 0.29) is 22.2 Å². The molecule has 5 saturated carbocycles. The lowest BCUT2D eigenvalue weighted by Gasteiger charge is -2.74. The molecular weight excluding hydrogens is 392 g/mol. The minimum Gasteiger partial charge on any atom is -0.303 e. The van der Waals surface area contributed by atoms with Crippen molar-refractivity contribution in [2.75, 3.05) is 0 Å². The molecule has 0 unspecified atom stereocenters. The van der Waals surface area contributed by atoms with Crippen LogP contribution in [0.5, 0.6) is 0 Å². The topological polar surface area (TPSA) is 34.1 Å². The Labute approximate surface area is 197 Å². The van der Waals surface area contributed by atoms with E-state index in [1.54, 1.807) is 0 Å². The van der Waals surface area contributed by atoms with E-state index < -0.39 is 0 Å². The Morgan fingerprint density at radius 2 is 1.38 bits per heavy atom. The second-order valence-corrected chi connectivity index (χ2v) is 15.0. The zero-order valence-corrected chi connectivity index (χ0v) is 22.0. The second-order valence-electron chi connectivity index (χ2n) is 15.0. The maximum atomic E-state index is 13.2. The first-order chi connectivity index (χ1) is 14.8. The van der Waals surface area contributed by atoms with Crippen LogP contribution < -0.4 is 0 Å². The first-order valence-corrected chi connectivity index (χ1v) is 13.8. The van der Waals surface area contributed by atoms with Crippen LogP contribution in [0, 0.1) is 56.2 Å². The van der Waals surface area contributed by atoms with Crippen LogP contribution >= 0.6 is 0 Å². The van der Waals surface area contributed by atoms with Gasteiger partial charge in [-0.05, 0) is 109 Å². The fourth-order valence-electron chi connectivity index (χ4n) is 11.0. The highest BCUT2D eigenvalue weighted by Gasteiger charge is 2.72. The molecule has 0 aromatic heterocycles. The molecule has 0 saturated heterocycles. The maximum Gasteiger partial charge on any atom is 0.136 e. The lowest BCUT2D eigenvalue weighted by Crippen LogP contribution is -2.68. The van der Waals surface area contributed by atoms with Gasteiger partial charge in [-0.3, -0.25) is 4.79 Å². The van der Waals surface area contributed by atoms with Gasteiger partial charge in [0.2, 0.25) is 0 Å². The van der Waals surface area contributed by atoms with Crippen molar-refractivity contribution in [3.8, 4) is 0 Å². The largest absolute Gasteiger partial charge is 0.303 e. The highest BCUT2D eigenvalue weighted by molar-refractivity contribution is 5.83. The minimum atomic E-state index is -0.214. The fraction of sp³-hybridized carbons (Fsp3) is 0.933. The van der Waals surface area contributed by atoms with Gasteiger partial charge in [-0.1, -0.05) is 48.5 Å². The molecule has 5 rings (SSSR count). The van der Waals surface area contributed by atoms with Crippen molar-refractivity contribution in [3.63, 3.8) is 0 Å². The van der Waals surface area contributed by atoms with Gasteiger partial charge in [0.25, 0.3) is 0 Å². The van der Waals surface area contributed by atoms with Crippen molar-refractivity contribution in [1.29, 1.82) is 0 Å². The Bertz CT molecular complexity index is 829. The Balaban J connectivity index is 1.58. The smallest absolute Gasteiger partial charge is 0.136 e. The van der Waals surface area contributed by atoms with Gasteiger partial charge < -0.3 is 4.79 Å². The molecule has 32 heavy (non-hydrogen) atoms. The number of rotatable bonds is 1. The predicted octanol–water partition coefficient (Wildman–Crippen LogP) is 7.64.